The molecule has 1 aromatic heterocycles. The number of rotatable bonds is 4. The summed E-state index contributed by atoms with van der Waals surface area (Å²) in [5, 5.41) is 0. The molecule has 0 saturated heterocycles. The van der Waals surface area contributed by atoms with Crippen LogP contribution < -0.4 is 5.73 Å². The molecular formula is C8H13F2N3. The SMILES string of the molecule is CC[C@@H](N)c1cncn1CC(F)F. The number of hydrogen-bond donors (Lipinski definition) is 1. The number of aromatic nitrogens is 2. The first-order valence-electron chi connectivity index (χ1n) is 4.19. The molecule has 0 saturated carbocycles. The van der Waals surface area contributed by atoms with Crippen molar-refractivity contribution in [1.29, 1.82) is 0 Å². The van der Waals surface area contributed by atoms with Crippen LogP contribution in [-0.4, -0.2) is 16.0 Å². The monoisotopic (exact) mass is 189 g/mol. The van der Waals surface area contributed by atoms with Crippen LogP contribution in [0.2, 0.25) is 0 Å². The topological polar surface area (TPSA) is 43.8 Å². The molecule has 0 aliphatic heterocycles. The van der Waals surface area contributed by atoms with Crippen LogP contribution in [0, 0.1) is 0 Å². The molecule has 0 aliphatic rings. The summed E-state index contributed by atoms with van der Waals surface area (Å²) in [5.74, 6) is 0. The van der Waals surface area contributed by atoms with Crippen molar-refractivity contribution in [2.45, 2.75) is 32.4 Å². The zero-order valence-electron chi connectivity index (χ0n) is 7.45. The van der Waals surface area contributed by atoms with E-state index < -0.39 is 6.43 Å². The van der Waals surface area contributed by atoms with E-state index in [2.05, 4.69) is 4.98 Å². The van der Waals surface area contributed by atoms with Crippen LogP contribution in [0.3, 0.4) is 0 Å². The fourth-order valence-electron chi connectivity index (χ4n) is 1.15. The van der Waals surface area contributed by atoms with Gasteiger partial charge in [0, 0.05) is 12.2 Å². The molecule has 0 aromatic carbocycles. The number of nitrogens with zero attached hydrogens (tertiary/aromatic N) is 2. The summed E-state index contributed by atoms with van der Waals surface area (Å²) in [7, 11) is 0. The second-order valence-electron chi connectivity index (χ2n) is 2.88. The van der Waals surface area contributed by atoms with Crippen LogP contribution in [0.25, 0.3) is 0 Å². The highest BCUT2D eigenvalue weighted by molar-refractivity contribution is 5.04. The first-order valence-corrected chi connectivity index (χ1v) is 4.19. The fourth-order valence-corrected chi connectivity index (χ4v) is 1.15. The van der Waals surface area contributed by atoms with Gasteiger partial charge in [0.25, 0.3) is 6.43 Å². The highest BCUT2D eigenvalue weighted by Gasteiger charge is 2.12. The molecule has 0 aliphatic carbocycles. The lowest BCUT2D eigenvalue weighted by Gasteiger charge is -2.11. The second-order valence-corrected chi connectivity index (χ2v) is 2.88. The molecule has 0 fully saturated rings. The number of imidazole rings is 1. The van der Waals surface area contributed by atoms with Crippen LogP contribution in [-0.2, 0) is 6.54 Å². The van der Waals surface area contributed by atoms with Crippen molar-refractivity contribution < 1.29 is 8.78 Å². The maximum absolute atomic E-state index is 12.1. The molecule has 5 heteroatoms. The van der Waals surface area contributed by atoms with Gasteiger partial charge >= 0.3 is 0 Å². The lowest BCUT2D eigenvalue weighted by atomic mass is 10.2. The summed E-state index contributed by atoms with van der Waals surface area (Å²) < 4.78 is 25.5. The zero-order chi connectivity index (χ0) is 9.84. The van der Waals surface area contributed by atoms with Crippen molar-refractivity contribution in [1.82, 2.24) is 9.55 Å². The maximum atomic E-state index is 12.1. The van der Waals surface area contributed by atoms with E-state index in [0.717, 1.165) is 6.42 Å². The van der Waals surface area contributed by atoms with Crippen molar-refractivity contribution in [2.24, 2.45) is 5.73 Å². The van der Waals surface area contributed by atoms with Gasteiger partial charge in [0.05, 0.1) is 18.6 Å². The molecule has 1 aromatic rings. The average Bonchev–Trinajstić information content (AvgIpc) is 2.50. The van der Waals surface area contributed by atoms with Crippen LogP contribution in [0.15, 0.2) is 12.5 Å². The third-order valence-corrected chi connectivity index (χ3v) is 1.90. The summed E-state index contributed by atoms with van der Waals surface area (Å²) in [6.45, 7) is 1.58. The third kappa shape index (κ3) is 2.48. The van der Waals surface area contributed by atoms with E-state index in [1.165, 1.54) is 17.1 Å². The molecule has 0 unspecified atom stereocenters. The highest BCUT2D eigenvalue weighted by atomic mass is 19.3. The van der Waals surface area contributed by atoms with E-state index in [1.54, 1.807) is 0 Å². The Balaban J connectivity index is 2.76. The van der Waals surface area contributed by atoms with Crippen LogP contribution in [0.1, 0.15) is 25.1 Å². The van der Waals surface area contributed by atoms with Gasteiger partial charge in [0.15, 0.2) is 0 Å². The summed E-state index contributed by atoms with van der Waals surface area (Å²) >= 11 is 0. The van der Waals surface area contributed by atoms with Gasteiger partial charge < -0.3 is 10.3 Å². The number of nitrogens with two attached hydrogens (primary N) is 1. The van der Waals surface area contributed by atoms with Gasteiger partial charge in [-0.1, -0.05) is 6.92 Å². The van der Waals surface area contributed by atoms with Crippen molar-refractivity contribution in [2.75, 3.05) is 0 Å². The summed E-state index contributed by atoms with van der Waals surface area (Å²) in [6, 6.07) is -0.207. The lowest BCUT2D eigenvalue weighted by molar-refractivity contribution is 0.125. The Bertz CT molecular complexity index is 260. The normalized spacial score (nSPS) is 13.6. The van der Waals surface area contributed by atoms with Gasteiger partial charge in [-0.05, 0) is 6.42 Å². The fraction of sp³-hybridized carbons (Fsp3) is 0.625. The zero-order valence-corrected chi connectivity index (χ0v) is 7.45. The Morgan fingerprint density at radius 2 is 2.31 bits per heavy atom. The minimum atomic E-state index is -2.36. The second kappa shape index (κ2) is 4.32. The highest BCUT2D eigenvalue weighted by Crippen LogP contribution is 2.13. The van der Waals surface area contributed by atoms with Gasteiger partial charge in [-0.3, -0.25) is 0 Å². The first-order chi connectivity index (χ1) is 6.15. The molecule has 0 spiro atoms. The van der Waals surface area contributed by atoms with E-state index in [4.69, 9.17) is 5.73 Å². The Morgan fingerprint density at radius 1 is 1.62 bits per heavy atom. The molecule has 0 amide bonds. The lowest BCUT2D eigenvalue weighted by Crippen LogP contribution is -2.16. The third-order valence-electron chi connectivity index (χ3n) is 1.90. The largest absolute Gasteiger partial charge is 0.327 e. The maximum Gasteiger partial charge on any atom is 0.256 e. The molecule has 2 N–H and O–H groups in total. The van der Waals surface area contributed by atoms with E-state index in [0.29, 0.717) is 5.69 Å². The first kappa shape index (κ1) is 10.1. The molecule has 74 valence electrons. The molecule has 0 bridgehead atoms. The van der Waals surface area contributed by atoms with Crippen LogP contribution in [0.4, 0.5) is 8.78 Å². The number of hydrogen-bond acceptors (Lipinski definition) is 2. The smallest absolute Gasteiger partial charge is 0.256 e. The molecule has 1 rings (SSSR count). The average molecular weight is 189 g/mol. The summed E-state index contributed by atoms with van der Waals surface area (Å²) in [5.41, 5.74) is 6.38. The van der Waals surface area contributed by atoms with Gasteiger partial charge in [-0.2, -0.15) is 0 Å². The van der Waals surface area contributed by atoms with E-state index in [9.17, 15) is 8.78 Å². The Hall–Kier alpha value is -0.970. The molecule has 3 nitrogen and oxygen atoms in total. The number of alkyl halides is 2. The predicted octanol–water partition coefficient (Wildman–Crippen LogP) is 1.56. The van der Waals surface area contributed by atoms with Crippen molar-refractivity contribution >= 4 is 0 Å². The Labute approximate surface area is 75.6 Å². The van der Waals surface area contributed by atoms with Gasteiger partial charge in [-0.25, -0.2) is 13.8 Å². The predicted molar refractivity (Wildman–Crippen MR) is 45.5 cm³/mol. The van der Waals surface area contributed by atoms with Gasteiger partial charge in [0.2, 0.25) is 0 Å². The molecular weight excluding hydrogens is 176 g/mol. The quantitative estimate of drug-likeness (QED) is 0.781. The summed E-state index contributed by atoms with van der Waals surface area (Å²) in [4.78, 5) is 3.79. The minimum absolute atomic E-state index is 0.207. The molecule has 1 heterocycles. The standard InChI is InChI=1S/C8H13F2N3/c1-2-6(11)7-3-12-5-13(7)4-8(9)10/h3,5-6,8H,2,4,11H2,1H3/t6-/m1/s1. The Kier molecular flexibility index (Phi) is 3.36. The van der Waals surface area contributed by atoms with Crippen molar-refractivity contribution in [3.63, 3.8) is 0 Å². The van der Waals surface area contributed by atoms with E-state index >= 15 is 0 Å². The van der Waals surface area contributed by atoms with E-state index in [1.807, 2.05) is 6.92 Å². The molecule has 13 heavy (non-hydrogen) atoms. The van der Waals surface area contributed by atoms with Crippen LogP contribution >= 0.6 is 0 Å². The van der Waals surface area contributed by atoms with Crippen LogP contribution in [0.5, 0.6) is 0 Å². The van der Waals surface area contributed by atoms with Gasteiger partial charge in [-0.15, -0.1) is 0 Å². The van der Waals surface area contributed by atoms with Gasteiger partial charge in [0.1, 0.15) is 0 Å². The Morgan fingerprint density at radius 3 is 2.85 bits per heavy atom. The molecule has 0 radical (unpaired) electrons. The van der Waals surface area contributed by atoms with Crippen molar-refractivity contribution in [3.8, 4) is 0 Å². The van der Waals surface area contributed by atoms with E-state index in [-0.39, 0.29) is 12.6 Å². The summed E-state index contributed by atoms with van der Waals surface area (Å²) in [6.07, 6.45) is 1.28. The molecule has 1 atom stereocenters. The van der Waals surface area contributed by atoms with Crippen molar-refractivity contribution in [3.05, 3.63) is 18.2 Å². The number of halogens is 2. The minimum Gasteiger partial charge on any atom is -0.327 e.